The summed E-state index contributed by atoms with van der Waals surface area (Å²) in [4.78, 5) is 37.5. The first kappa shape index (κ1) is 19.4. The van der Waals surface area contributed by atoms with Crippen molar-refractivity contribution in [2.45, 2.75) is 19.8 Å². The molecule has 0 spiro atoms. The number of hydrogen-bond acceptors (Lipinski definition) is 4. The van der Waals surface area contributed by atoms with Gasteiger partial charge in [-0.1, -0.05) is 6.07 Å². The van der Waals surface area contributed by atoms with Crippen LogP contribution in [-0.2, 0) is 4.79 Å². The van der Waals surface area contributed by atoms with Gasteiger partial charge in [0.2, 0.25) is 0 Å². The second-order valence-corrected chi connectivity index (χ2v) is 6.75. The zero-order valence-corrected chi connectivity index (χ0v) is 15.6. The summed E-state index contributed by atoms with van der Waals surface area (Å²) in [6, 6.07) is 11.2. The maximum atomic E-state index is 12.5. The van der Waals surface area contributed by atoms with Crippen LogP contribution in [0.4, 0.5) is 5.69 Å². The Balaban J connectivity index is 1.64. The summed E-state index contributed by atoms with van der Waals surface area (Å²) in [6.45, 7) is 3.23. The largest absolute Gasteiger partial charge is 0.484 e. The zero-order chi connectivity index (χ0) is 20.1. The molecule has 1 aliphatic heterocycles. The lowest BCUT2D eigenvalue weighted by atomic mass is 10.1. The fraction of sp³-hybridized carbons (Fsp3) is 0.286. The number of nitrogens with zero attached hydrogens (tertiary/aromatic N) is 1. The second kappa shape index (κ2) is 8.56. The Kier molecular flexibility index (Phi) is 5.93. The van der Waals surface area contributed by atoms with Crippen molar-refractivity contribution in [3.63, 3.8) is 0 Å². The third kappa shape index (κ3) is 4.88. The molecule has 1 saturated heterocycles. The van der Waals surface area contributed by atoms with E-state index in [9.17, 15) is 14.4 Å². The van der Waals surface area contributed by atoms with Gasteiger partial charge in [-0.05, 0) is 55.7 Å². The predicted molar refractivity (Wildman–Crippen MR) is 104 cm³/mol. The minimum atomic E-state index is -1.09. The molecule has 0 aliphatic carbocycles. The topological polar surface area (TPSA) is 95.9 Å². The van der Waals surface area contributed by atoms with Crippen LogP contribution < -0.4 is 10.1 Å². The smallest absolute Gasteiger partial charge is 0.335 e. The molecule has 2 amide bonds. The van der Waals surface area contributed by atoms with E-state index in [1.54, 1.807) is 42.2 Å². The normalized spacial score (nSPS) is 13.2. The van der Waals surface area contributed by atoms with Crippen LogP contribution in [-0.4, -0.2) is 47.5 Å². The standard InChI is InChI=1S/C21H22N2O5/c1-14-9-15(11-16(10-14)21(26)27)20(25)22-17-5-4-6-18(12-17)28-13-19(24)23-7-2-3-8-23/h4-6,9-12H,2-3,7-8,13H2,1H3,(H,22,25)(H,26,27). The van der Waals surface area contributed by atoms with Gasteiger partial charge < -0.3 is 20.1 Å². The van der Waals surface area contributed by atoms with Crippen LogP contribution in [0.25, 0.3) is 0 Å². The molecule has 2 N–H and O–H groups in total. The average Bonchev–Trinajstić information content (AvgIpc) is 3.21. The molecule has 2 aromatic rings. The lowest BCUT2D eigenvalue weighted by Gasteiger charge is -2.15. The van der Waals surface area contributed by atoms with E-state index in [0.29, 0.717) is 17.0 Å². The summed E-state index contributed by atoms with van der Waals surface area (Å²) in [6.07, 6.45) is 2.05. The van der Waals surface area contributed by atoms with E-state index in [2.05, 4.69) is 5.32 Å². The number of aromatic carboxylic acids is 1. The number of amides is 2. The fourth-order valence-electron chi connectivity index (χ4n) is 3.11. The Bertz CT molecular complexity index is 903. The molecule has 2 aromatic carbocycles. The summed E-state index contributed by atoms with van der Waals surface area (Å²) in [7, 11) is 0. The van der Waals surface area contributed by atoms with E-state index in [1.165, 1.54) is 12.1 Å². The monoisotopic (exact) mass is 382 g/mol. The Morgan fingerprint density at radius 3 is 2.50 bits per heavy atom. The number of anilines is 1. The minimum absolute atomic E-state index is 0.0444. The number of hydrogen-bond donors (Lipinski definition) is 2. The highest BCUT2D eigenvalue weighted by molar-refractivity contribution is 6.05. The lowest BCUT2D eigenvalue weighted by molar-refractivity contribution is -0.132. The maximum absolute atomic E-state index is 12.5. The number of carboxylic acids is 1. The number of benzene rings is 2. The Morgan fingerprint density at radius 1 is 1.07 bits per heavy atom. The van der Waals surface area contributed by atoms with Crippen LogP contribution >= 0.6 is 0 Å². The van der Waals surface area contributed by atoms with Crippen LogP contribution in [0.3, 0.4) is 0 Å². The number of carbonyl (C=O) groups is 3. The van der Waals surface area contributed by atoms with Gasteiger partial charge in [0, 0.05) is 30.4 Å². The number of carboxylic acid groups (broad SMARTS) is 1. The first-order chi connectivity index (χ1) is 13.4. The molecule has 7 nitrogen and oxygen atoms in total. The van der Waals surface area contributed by atoms with Crippen LogP contribution in [0.1, 0.15) is 39.1 Å². The molecule has 0 radical (unpaired) electrons. The van der Waals surface area contributed by atoms with Crippen LogP contribution in [0, 0.1) is 6.92 Å². The van der Waals surface area contributed by atoms with Gasteiger partial charge in [0.15, 0.2) is 6.61 Å². The van der Waals surface area contributed by atoms with Gasteiger partial charge in [0.1, 0.15) is 5.75 Å². The third-order valence-electron chi connectivity index (χ3n) is 4.50. The van der Waals surface area contributed by atoms with Crippen molar-refractivity contribution >= 4 is 23.5 Å². The molecule has 7 heteroatoms. The second-order valence-electron chi connectivity index (χ2n) is 6.75. The van der Waals surface area contributed by atoms with Crippen molar-refractivity contribution in [1.82, 2.24) is 4.90 Å². The number of aryl methyl sites for hydroxylation is 1. The highest BCUT2D eigenvalue weighted by Crippen LogP contribution is 2.19. The molecule has 0 saturated carbocycles. The summed E-state index contributed by atoms with van der Waals surface area (Å²) >= 11 is 0. The molecule has 146 valence electrons. The molecule has 1 heterocycles. The maximum Gasteiger partial charge on any atom is 0.335 e. The van der Waals surface area contributed by atoms with Crippen molar-refractivity contribution in [2.75, 3.05) is 25.0 Å². The quantitative estimate of drug-likeness (QED) is 0.801. The van der Waals surface area contributed by atoms with Gasteiger partial charge in [-0.3, -0.25) is 9.59 Å². The molecule has 1 aliphatic rings. The first-order valence-corrected chi connectivity index (χ1v) is 9.09. The molecule has 0 unspecified atom stereocenters. The molecule has 28 heavy (non-hydrogen) atoms. The zero-order valence-electron chi connectivity index (χ0n) is 15.6. The fourth-order valence-corrected chi connectivity index (χ4v) is 3.11. The Morgan fingerprint density at radius 2 is 1.79 bits per heavy atom. The van der Waals surface area contributed by atoms with E-state index in [1.807, 2.05) is 0 Å². The van der Waals surface area contributed by atoms with E-state index >= 15 is 0 Å². The van der Waals surface area contributed by atoms with Gasteiger partial charge >= 0.3 is 5.97 Å². The summed E-state index contributed by atoms with van der Waals surface area (Å²) in [5, 5.41) is 11.9. The van der Waals surface area contributed by atoms with Gasteiger partial charge in [0.25, 0.3) is 11.8 Å². The van der Waals surface area contributed by atoms with Crippen molar-refractivity contribution in [2.24, 2.45) is 0 Å². The van der Waals surface area contributed by atoms with Crippen molar-refractivity contribution in [3.05, 3.63) is 59.2 Å². The number of rotatable bonds is 6. The number of ether oxygens (including phenoxy) is 1. The number of carbonyl (C=O) groups excluding carboxylic acids is 2. The molecule has 1 fully saturated rings. The molecule has 0 atom stereocenters. The van der Waals surface area contributed by atoms with E-state index in [4.69, 9.17) is 9.84 Å². The summed E-state index contributed by atoms with van der Waals surface area (Å²) in [5.74, 6) is -1.08. The predicted octanol–water partition coefficient (Wildman–Crippen LogP) is 2.95. The summed E-state index contributed by atoms with van der Waals surface area (Å²) < 4.78 is 5.56. The average molecular weight is 382 g/mol. The highest BCUT2D eigenvalue weighted by atomic mass is 16.5. The van der Waals surface area contributed by atoms with E-state index < -0.39 is 11.9 Å². The van der Waals surface area contributed by atoms with Gasteiger partial charge in [-0.25, -0.2) is 4.79 Å². The number of nitrogens with one attached hydrogen (secondary N) is 1. The molecule has 0 aromatic heterocycles. The number of likely N-dealkylation sites (tertiary alicyclic amines) is 1. The van der Waals surface area contributed by atoms with Crippen LogP contribution in [0.15, 0.2) is 42.5 Å². The Hall–Kier alpha value is -3.35. The molecular formula is C21H22N2O5. The first-order valence-electron chi connectivity index (χ1n) is 9.09. The van der Waals surface area contributed by atoms with Crippen molar-refractivity contribution in [1.29, 1.82) is 0 Å². The van der Waals surface area contributed by atoms with Gasteiger partial charge in [0.05, 0.1) is 5.56 Å². The van der Waals surface area contributed by atoms with Gasteiger partial charge in [-0.15, -0.1) is 0 Å². The van der Waals surface area contributed by atoms with Crippen LogP contribution in [0.2, 0.25) is 0 Å². The van der Waals surface area contributed by atoms with Gasteiger partial charge in [-0.2, -0.15) is 0 Å². The molecule has 3 rings (SSSR count). The van der Waals surface area contributed by atoms with E-state index in [-0.39, 0.29) is 23.6 Å². The molecule has 0 bridgehead atoms. The molecular weight excluding hydrogens is 360 g/mol. The Labute approximate surface area is 162 Å². The highest BCUT2D eigenvalue weighted by Gasteiger charge is 2.18. The minimum Gasteiger partial charge on any atom is -0.484 e. The lowest BCUT2D eigenvalue weighted by Crippen LogP contribution is -2.32. The van der Waals surface area contributed by atoms with E-state index in [0.717, 1.165) is 25.9 Å². The van der Waals surface area contributed by atoms with Crippen LogP contribution in [0.5, 0.6) is 5.75 Å². The SMILES string of the molecule is Cc1cc(C(=O)O)cc(C(=O)Nc2cccc(OCC(=O)N3CCCC3)c2)c1. The third-order valence-corrected chi connectivity index (χ3v) is 4.50. The van der Waals surface area contributed by atoms with Crippen molar-refractivity contribution < 1.29 is 24.2 Å². The van der Waals surface area contributed by atoms with Crippen molar-refractivity contribution in [3.8, 4) is 5.75 Å². The summed E-state index contributed by atoms with van der Waals surface area (Å²) in [5.41, 5.74) is 1.49.